The van der Waals surface area contributed by atoms with Crippen molar-refractivity contribution in [3.05, 3.63) is 77.1 Å². The predicted octanol–water partition coefficient (Wildman–Crippen LogP) is 4.23. The van der Waals surface area contributed by atoms with E-state index in [1.807, 2.05) is 54.6 Å². The second-order valence-corrected chi connectivity index (χ2v) is 7.89. The fourth-order valence-electron chi connectivity index (χ4n) is 4.27. The topological polar surface area (TPSA) is 78.4 Å². The number of aliphatic hydroxyl groups excluding tert-OH is 1. The number of rotatable bonds is 5. The number of hydrogen-bond donors (Lipinski definition) is 3. The van der Waals surface area contributed by atoms with Crippen molar-refractivity contribution >= 4 is 17.5 Å². The van der Waals surface area contributed by atoms with Crippen molar-refractivity contribution in [2.75, 3.05) is 5.32 Å². The molecule has 0 aromatic heterocycles. The minimum atomic E-state index is -0.584. The van der Waals surface area contributed by atoms with Crippen LogP contribution in [0.25, 0.3) is 0 Å². The molecular weight excluding hydrogens is 364 g/mol. The fraction of sp³-hybridized carbons (Fsp3) is 0.333. The van der Waals surface area contributed by atoms with Crippen LogP contribution in [-0.2, 0) is 16.0 Å². The highest BCUT2D eigenvalue weighted by Crippen LogP contribution is 2.33. The first-order valence-corrected chi connectivity index (χ1v) is 10.3. The summed E-state index contributed by atoms with van der Waals surface area (Å²) < 4.78 is 0. The van der Waals surface area contributed by atoms with Gasteiger partial charge in [0.05, 0.1) is 6.04 Å². The number of amides is 2. The lowest BCUT2D eigenvalue weighted by Crippen LogP contribution is -2.31. The minimum Gasteiger partial charge on any atom is -0.509 e. The number of anilines is 1. The van der Waals surface area contributed by atoms with E-state index in [-0.39, 0.29) is 11.3 Å². The van der Waals surface area contributed by atoms with E-state index in [1.165, 1.54) is 37.7 Å². The molecule has 29 heavy (non-hydrogen) atoms. The molecule has 2 aromatic carbocycles. The monoisotopic (exact) mass is 390 g/mol. The summed E-state index contributed by atoms with van der Waals surface area (Å²) in [6.45, 7) is 0. The summed E-state index contributed by atoms with van der Waals surface area (Å²) in [6.07, 6.45) is 6.73. The van der Waals surface area contributed by atoms with Gasteiger partial charge in [-0.1, -0.05) is 61.7 Å². The van der Waals surface area contributed by atoms with Crippen LogP contribution in [-0.4, -0.2) is 23.0 Å². The molecule has 0 radical (unpaired) electrons. The average molecular weight is 390 g/mol. The Kier molecular flexibility index (Phi) is 5.65. The second kappa shape index (κ2) is 8.52. The van der Waals surface area contributed by atoms with Gasteiger partial charge in [0.25, 0.3) is 11.8 Å². The third-order valence-electron chi connectivity index (χ3n) is 5.87. The molecule has 2 aromatic rings. The SMILES string of the molecule is O=C(Nc1ccc(C2CCCCC2)cc1)C1=C(O)C(Cc2ccccc2)NC1=O. The van der Waals surface area contributed by atoms with E-state index in [9.17, 15) is 14.7 Å². The maximum absolute atomic E-state index is 12.6. The number of aliphatic hydroxyl groups is 1. The van der Waals surface area contributed by atoms with Gasteiger partial charge in [-0.3, -0.25) is 9.59 Å². The maximum atomic E-state index is 12.6. The minimum absolute atomic E-state index is 0.199. The standard InChI is InChI=1S/C24H26N2O3/c27-22-20(15-16-7-3-1-4-8-16)26-24(29)21(22)23(28)25-19-13-11-18(12-14-19)17-9-5-2-6-10-17/h1,3-4,7-8,11-14,17,20,27H,2,5-6,9-10,15H2,(H,25,28)(H,26,29). The summed E-state index contributed by atoms with van der Waals surface area (Å²) in [7, 11) is 0. The maximum Gasteiger partial charge on any atom is 0.264 e. The van der Waals surface area contributed by atoms with E-state index in [2.05, 4.69) is 10.6 Å². The molecule has 1 unspecified atom stereocenters. The van der Waals surface area contributed by atoms with Crippen LogP contribution in [0.1, 0.15) is 49.1 Å². The lowest BCUT2D eigenvalue weighted by molar-refractivity contribution is -0.120. The molecular formula is C24H26N2O3. The molecule has 4 rings (SSSR count). The quantitative estimate of drug-likeness (QED) is 0.669. The van der Waals surface area contributed by atoms with Gasteiger partial charge in [0.2, 0.25) is 0 Å². The number of benzene rings is 2. The first-order chi connectivity index (χ1) is 14.1. The molecule has 1 heterocycles. The predicted molar refractivity (Wildman–Crippen MR) is 113 cm³/mol. The Hall–Kier alpha value is -3.08. The molecule has 1 saturated carbocycles. The Labute approximate surface area is 170 Å². The Morgan fingerprint density at radius 3 is 2.38 bits per heavy atom. The number of carbonyl (C=O) groups excluding carboxylic acids is 2. The number of nitrogens with one attached hydrogen (secondary N) is 2. The van der Waals surface area contributed by atoms with E-state index in [4.69, 9.17) is 0 Å². The molecule has 0 bridgehead atoms. The van der Waals surface area contributed by atoms with Crippen molar-refractivity contribution in [3.63, 3.8) is 0 Å². The summed E-state index contributed by atoms with van der Waals surface area (Å²) in [4.78, 5) is 24.9. The zero-order valence-corrected chi connectivity index (χ0v) is 16.4. The summed E-state index contributed by atoms with van der Waals surface area (Å²) >= 11 is 0. The molecule has 150 valence electrons. The molecule has 1 aliphatic carbocycles. The molecule has 2 amide bonds. The van der Waals surface area contributed by atoms with Gasteiger partial charge in [-0.25, -0.2) is 0 Å². The Morgan fingerprint density at radius 1 is 1.00 bits per heavy atom. The van der Waals surface area contributed by atoms with Gasteiger partial charge in [0.1, 0.15) is 11.3 Å². The van der Waals surface area contributed by atoms with Crippen molar-refractivity contribution in [2.45, 2.75) is 50.5 Å². The van der Waals surface area contributed by atoms with Crippen LogP contribution in [0.4, 0.5) is 5.69 Å². The van der Waals surface area contributed by atoms with Crippen LogP contribution in [0.3, 0.4) is 0 Å². The van der Waals surface area contributed by atoms with Crippen LogP contribution >= 0.6 is 0 Å². The van der Waals surface area contributed by atoms with E-state index >= 15 is 0 Å². The summed E-state index contributed by atoms with van der Waals surface area (Å²) in [5.74, 6) is -0.726. The van der Waals surface area contributed by atoms with Crippen LogP contribution in [0.15, 0.2) is 65.9 Å². The molecule has 1 atom stereocenters. The third kappa shape index (κ3) is 4.34. The van der Waals surface area contributed by atoms with E-state index < -0.39 is 17.9 Å². The smallest absolute Gasteiger partial charge is 0.264 e. The number of carbonyl (C=O) groups is 2. The Morgan fingerprint density at radius 2 is 1.69 bits per heavy atom. The first kappa shape index (κ1) is 19.2. The summed E-state index contributed by atoms with van der Waals surface area (Å²) in [5, 5.41) is 15.9. The van der Waals surface area contributed by atoms with Gasteiger partial charge >= 0.3 is 0 Å². The van der Waals surface area contributed by atoms with Gasteiger partial charge in [-0.2, -0.15) is 0 Å². The highest BCUT2D eigenvalue weighted by Gasteiger charge is 2.36. The highest BCUT2D eigenvalue weighted by atomic mass is 16.3. The van der Waals surface area contributed by atoms with Crippen LogP contribution < -0.4 is 10.6 Å². The van der Waals surface area contributed by atoms with Crippen molar-refractivity contribution < 1.29 is 14.7 Å². The Balaban J connectivity index is 1.43. The second-order valence-electron chi connectivity index (χ2n) is 7.89. The van der Waals surface area contributed by atoms with Gasteiger partial charge in [0, 0.05) is 5.69 Å². The highest BCUT2D eigenvalue weighted by molar-refractivity contribution is 6.24. The Bertz CT molecular complexity index is 913. The molecule has 1 aliphatic heterocycles. The van der Waals surface area contributed by atoms with Gasteiger partial charge in [-0.15, -0.1) is 0 Å². The third-order valence-corrected chi connectivity index (χ3v) is 5.87. The zero-order valence-electron chi connectivity index (χ0n) is 16.4. The number of hydrogen-bond acceptors (Lipinski definition) is 3. The average Bonchev–Trinajstić information content (AvgIpc) is 3.03. The van der Waals surface area contributed by atoms with Crippen LogP contribution in [0.5, 0.6) is 0 Å². The van der Waals surface area contributed by atoms with E-state index in [0.717, 1.165) is 5.56 Å². The van der Waals surface area contributed by atoms with E-state index in [1.54, 1.807) is 0 Å². The van der Waals surface area contributed by atoms with Crippen molar-refractivity contribution in [2.24, 2.45) is 0 Å². The fourth-order valence-corrected chi connectivity index (χ4v) is 4.27. The van der Waals surface area contributed by atoms with Gasteiger partial charge in [0.15, 0.2) is 0 Å². The molecule has 3 N–H and O–H groups in total. The molecule has 0 saturated heterocycles. The van der Waals surface area contributed by atoms with Crippen molar-refractivity contribution in [1.82, 2.24) is 5.32 Å². The van der Waals surface area contributed by atoms with Crippen molar-refractivity contribution in [1.29, 1.82) is 0 Å². The zero-order chi connectivity index (χ0) is 20.2. The van der Waals surface area contributed by atoms with Gasteiger partial charge in [-0.05, 0) is 48.4 Å². The molecule has 0 spiro atoms. The normalized spacial score (nSPS) is 19.9. The lowest BCUT2D eigenvalue weighted by atomic mass is 9.84. The lowest BCUT2D eigenvalue weighted by Gasteiger charge is -2.22. The summed E-state index contributed by atoms with van der Waals surface area (Å²) in [6, 6.07) is 16.8. The van der Waals surface area contributed by atoms with Gasteiger partial charge < -0.3 is 15.7 Å². The van der Waals surface area contributed by atoms with E-state index in [0.29, 0.717) is 18.0 Å². The van der Waals surface area contributed by atoms with Crippen molar-refractivity contribution in [3.8, 4) is 0 Å². The molecule has 5 nitrogen and oxygen atoms in total. The van der Waals surface area contributed by atoms with Crippen LogP contribution in [0.2, 0.25) is 0 Å². The first-order valence-electron chi connectivity index (χ1n) is 10.3. The largest absolute Gasteiger partial charge is 0.509 e. The summed E-state index contributed by atoms with van der Waals surface area (Å²) in [5.41, 5.74) is 2.69. The molecule has 5 heteroatoms. The van der Waals surface area contributed by atoms with Crippen LogP contribution in [0, 0.1) is 0 Å². The molecule has 1 fully saturated rings. The molecule has 2 aliphatic rings.